The molecule has 106 valence electrons. The van der Waals surface area contributed by atoms with Gasteiger partial charge in [0.15, 0.2) is 0 Å². The van der Waals surface area contributed by atoms with E-state index in [2.05, 4.69) is 65.9 Å². The van der Waals surface area contributed by atoms with Gasteiger partial charge in [0, 0.05) is 13.1 Å². The van der Waals surface area contributed by atoms with Gasteiger partial charge >= 0.3 is 0 Å². The van der Waals surface area contributed by atoms with Crippen LogP contribution in [0.5, 0.6) is 0 Å². The van der Waals surface area contributed by atoms with Crippen molar-refractivity contribution in [3.63, 3.8) is 0 Å². The fourth-order valence-electron chi connectivity index (χ4n) is 2.07. The number of rotatable bonds is 7. The first kappa shape index (κ1) is 14.4. The minimum atomic E-state index is 0.475. The molecule has 1 unspecified atom stereocenters. The third kappa shape index (κ3) is 4.26. The largest absolute Gasteiger partial charge is 0.384 e. The topological polar surface area (TPSA) is 37.0 Å². The van der Waals surface area contributed by atoms with Gasteiger partial charge in [-0.1, -0.05) is 44.2 Å². The lowest BCUT2D eigenvalue weighted by atomic mass is 10.0. The molecule has 2 rings (SSSR count). The van der Waals surface area contributed by atoms with Crippen LogP contribution in [0.15, 0.2) is 48.8 Å². The van der Waals surface area contributed by atoms with Crippen molar-refractivity contribution in [1.29, 1.82) is 0 Å². The summed E-state index contributed by atoms with van der Waals surface area (Å²) >= 11 is 0. The second-order valence-corrected chi connectivity index (χ2v) is 5.08. The average molecular weight is 269 g/mol. The van der Waals surface area contributed by atoms with Crippen LogP contribution in [0.25, 0.3) is 0 Å². The van der Waals surface area contributed by atoms with Crippen LogP contribution in [-0.2, 0) is 0 Å². The lowest BCUT2D eigenvalue weighted by Crippen LogP contribution is -2.10. The Kier molecular flexibility index (Phi) is 5.42. The summed E-state index contributed by atoms with van der Waals surface area (Å²) < 4.78 is 0. The number of nitrogens with one attached hydrogen (secondary N) is 2. The zero-order chi connectivity index (χ0) is 14.2. The van der Waals surface area contributed by atoms with Gasteiger partial charge in [0.25, 0.3) is 0 Å². The molecule has 0 radical (unpaired) electrons. The van der Waals surface area contributed by atoms with Crippen molar-refractivity contribution in [1.82, 2.24) is 4.98 Å². The lowest BCUT2D eigenvalue weighted by molar-refractivity contribution is 0.804. The molecule has 1 aromatic heterocycles. The quantitative estimate of drug-likeness (QED) is 0.794. The van der Waals surface area contributed by atoms with Crippen molar-refractivity contribution >= 4 is 11.4 Å². The van der Waals surface area contributed by atoms with Crippen LogP contribution >= 0.6 is 0 Å². The Labute approximate surface area is 121 Å². The minimum absolute atomic E-state index is 0.475. The molecule has 0 saturated carbocycles. The number of anilines is 2. The molecular weight excluding hydrogens is 246 g/mol. The van der Waals surface area contributed by atoms with Gasteiger partial charge in [-0.25, -0.2) is 0 Å². The fraction of sp³-hybridized carbons (Fsp3) is 0.353. The third-order valence-corrected chi connectivity index (χ3v) is 3.30. The molecule has 0 amide bonds. The molecule has 3 nitrogen and oxygen atoms in total. The number of benzene rings is 1. The van der Waals surface area contributed by atoms with Crippen LogP contribution in [0.4, 0.5) is 11.4 Å². The summed E-state index contributed by atoms with van der Waals surface area (Å²) in [5.41, 5.74) is 3.49. The van der Waals surface area contributed by atoms with Gasteiger partial charge in [0.1, 0.15) is 0 Å². The van der Waals surface area contributed by atoms with Crippen LogP contribution in [0.2, 0.25) is 0 Å². The van der Waals surface area contributed by atoms with E-state index >= 15 is 0 Å². The molecule has 2 aromatic rings. The molecule has 0 spiro atoms. The van der Waals surface area contributed by atoms with E-state index in [0.29, 0.717) is 5.92 Å². The molecule has 0 aliphatic carbocycles. The smallest absolute Gasteiger partial charge is 0.0547 e. The van der Waals surface area contributed by atoms with Crippen LogP contribution in [0, 0.1) is 0 Å². The van der Waals surface area contributed by atoms with E-state index in [9.17, 15) is 0 Å². The van der Waals surface area contributed by atoms with Gasteiger partial charge < -0.3 is 10.6 Å². The normalized spacial score (nSPS) is 11.9. The Morgan fingerprint density at radius 3 is 2.45 bits per heavy atom. The maximum atomic E-state index is 4.26. The van der Waals surface area contributed by atoms with Gasteiger partial charge in [-0.2, -0.15) is 0 Å². The molecule has 0 fully saturated rings. The zero-order valence-corrected chi connectivity index (χ0v) is 12.3. The lowest BCUT2D eigenvalue weighted by Gasteiger charge is -2.14. The van der Waals surface area contributed by atoms with Crippen molar-refractivity contribution in [2.75, 3.05) is 23.7 Å². The Morgan fingerprint density at radius 2 is 1.75 bits per heavy atom. The number of nitrogens with zero attached hydrogens (tertiary/aromatic N) is 1. The van der Waals surface area contributed by atoms with Gasteiger partial charge in [0.2, 0.25) is 0 Å². The van der Waals surface area contributed by atoms with E-state index in [0.717, 1.165) is 30.9 Å². The van der Waals surface area contributed by atoms with E-state index in [1.165, 1.54) is 5.56 Å². The molecule has 2 N–H and O–H groups in total. The second-order valence-electron chi connectivity index (χ2n) is 5.08. The Morgan fingerprint density at radius 1 is 1.05 bits per heavy atom. The Bertz CT molecular complexity index is 511. The first-order valence-electron chi connectivity index (χ1n) is 7.27. The zero-order valence-electron chi connectivity index (χ0n) is 12.3. The van der Waals surface area contributed by atoms with Crippen LogP contribution in [-0.4, -0.2) is 18.1 Å². The van der Waals surface area contributed by atoms with E-state index < -0.39 is 0 Å². The summed E-state index contributed by atoms with van der Waals surface area (Å²) in [5, 5.41) is 6.81. The summed E-state index contributed by atoms with van der Waals surface area (Å²) in [5.74, 6) is 0.475. The molecule has 1 heterocycles. The molecule has 0 aliphatic heterocycles. The molecule has 1 aromatic carbocycles. The van der Waals surface area contributed by atoms with E-state index in [-0.39, 0.29) is 0 Å². The standard InChI is InChI=1S/C17H23N3/c1-3-9-19-16-10-17(13-18-12-16)20-11-14(2)15-7-5-4-6-8-15/h4-8,10,12-14,19-20H,3,9,11H2,1-2H3. The van der Waals surface area contributed by atoms with Crippen molar-refractivity contribution in [3.8, 4) is 0 Å². The third-order valence-electron chi connectivity index (χ3n) is 3.30. The highest BCUT2D eigenvalue weighted by Gasteiger charge is 2.04. The molecular formula is C17H23N3. The highest BCUT2D eigenvalue weighted by atomic mass is 14.9. The van der Waals surface area contributed by atoms with Crippen LogP contribution in [0.1, 0.15) is 31.7 Å². The van der Waals surface area contributed by atoms with Gasteiger partial charge in [-0.3, -0.25) is 4.98 Å². The molecule has 0 bridgehead atoms. The summed E-state index contributed by atoms with van der Waals surface area (Å²) in [6, 6.07) is 12.7. The highest BCUT2D eigenvalue weighted by Crippen LogP contribution is 2.17. The number of aromatic nitrogens is 1. The highest BCUT2D eigenvalue weighted by molar-refractivity contribution is 5.54. The number of hydrogen-bond donors (Lipinski definition) is 2. The molecule has 3 heteroatoms. The maximum Gasteiger partial charge on any atom is 0.0547 e. The van der Waals surface area contributed by atoms with Gasteiger partial charge in [0.05, 0.1) is 23.8 Å². The fourth-order valence-corrected chi connectivity index (χ4v) is 2.07. The van der Waals surface area contributed by atoms with Gasteiger partial charge in [-0.05, 0) is 24.0 Å². The molecule has 20 heavy (non-hydrogen) atoms. The monoisotopic (exact) mass is 269 g/mol. The van der Waals surface area contributed by atoms with Crippen molar-refractivity contribution in [2.24, 2.45) is 0 Å². The summed E-state index contributed by atoms with van der Waals surface area (Å²) in [7, 11) is 0. The predicted molar refractivity (Wildman–Crippen MR) is 86.4 cm³/mol. The average Bonchev–Trinajstić information content (AvgIpc) is 2.52. The molecule has 0 aliphatic rings. The van der Waals surface area contributed by atoms with E-state index in [4.69, 9.17) is 0 Å². The summed E-state index contributed by atoms with van der Waals surface area (Å²) in [6.07, 6.45) is 4.85. The van der Waals surface area contributed by atoms with E-state index in [1.807, 2.05) is 12.4 Å². The van der Waals surface area contributed by atoms with E-state index in [1.54, 1.807) is 0 Å². The predicted octanol–water partition coefficient (Wildman–Crippen LogP) is 4.12. The first-order chi connectivity index (χ1) is 9.79. The van der Waals surface area contributed by atoms with Crippen LogP contribution < -0.4 is 10.6 Å². The number of pyridine rings is 1. The minimum Gasteiger partial charge on any atom is -0.384 e. The maximum absolute atomic E-state index is 4.26. The van der Waals surface area contributed by atoms with Crippen molar-refractivity contribution < 1.29 is 0 Å². The van der Waals surface area contributed by atoms with Crippen LogP contribution in [0.3, 0.4) is 0 Å². The Hall–Kier alpha value is -2.03. The summed E-state index contributed by atoms with van der Waals surface area (Å²) in [4.78, 5) is 4.26. The van der Waals surface area contributed by atoms with Gasteiger partial charge in [-0.15, -0.1) is 0 Å². The molecule has 1 atom stereocenters. The summed E-state index contributed by atoms with van der Waals surface area (Å²) in [6.45, 7) is 6.27. The Balaban J connectivity index is 1.90. The molecule has 0 saturated heterocycles. The van der Waals surface area contributed by atoms with Crippen molar-refractivity contribution in [2.45, 2.75) is 26.2 Å². The first-order valence-corrected chi connectivity index (χ1v) is 7.27. The van der Waals surface area contributed by atoms with Crippen molar-refractivity contribution in [3.05, 3.63) is 54.4 Å². The number of hydrogen-bond acceptors (Lipinski definition) is 3. The SMILES string of the molecule is CCCNc1cncc(NCC(C)c2ccccc2)c1. The second kappa shape index (κ2) is 7.53.